The summed E-state index contributed by atoms with van der Waals surface area (Å²) >= 11 is 0. The molecule has 7 nitrogen and oxygen atoms in total. The Morgan fingerprint density at radius 2 is 2.05 bits per heavy atom. The maximum atomic E-state index is 12.1. The Balaban J connectivity index is 1.82. The normalized spacial score (nSPS) is 12.9. The lowest BCUT2D eigenvalue weighted by atomic mass is 10.1. The summed E-state index contributed by atoms with van der Waals surface area (Å²) in [5, 5.41) is 2.75. The predicted molar refractivity (Wildman–Crippen MR) is 82.6 cm³/mol. The minimum atomic E-state index is -0.410. The molecule has 0 saturated carbocycles. The summed E-state index contributed by atoms with van der Waals surface area (Å²) in [6, 6.07) is 5.45. The standard InChI is InChI=1S/C15H15N5O2/c1-9(21)20-7-4-10-8-11(2-3-12(10)20)19-15(22)13-14(16)18-6-5-17-13/h2-3,5-6,8H,4,7H2,1H3,(H2,16,18)(H,19,22). The SMILES string of the molecule is CC(=O)N1CCc2cc(NC(=O)c3nccnc3N)ccc21. The number of hydrogen-bond donors (Lipinski definition) is 2. The van der Waals surface area contributed by atoms with Crippen LogP contribution in [0, 0.1) is 0 Å². The zero-order chi connectivity index (χ0) is 15.7. The zero-order valence-electron chi connectivity index (χ0n) is 12.0. The molecule has 0 spiro atoms. The van der Waals surface area contributed by atoms with E-state index in [2.05, 4.69) is 15.3 Å². The van der Waals surface area contributed by atoms with Crippen molar-refractivity contribution in [2.75, 3.05) is 22.5 Å². The molecule has 2 heterocycles. The molecule has 22 heavy (non-hydrogen) atoms. The fourth-order valence-corrected chi connectivity index (χ4v) is 2.52. The predicted octanol–water partition coefficient (Wildman–Crippen LogP) is 1.22. The van der Waals surface area contributed by atoms with E-state index in [1.54, 1.807) is 17.9 Å². The third kappa shape index (κ3) is 2.48. The van der Waals surface area contributed by atoms with Crippen molar-refractivity contribution in [1.82, 2.24) is 9.97 Å². The molecule has 2 aromatic rings. The van der Waals surface area contributed by atoms with Crippen molar-refractivity contribution in [2.45, 2.75) is 13.3 Å². The van der Waals surface area contributed by atoms with E-state index >= 15 is 0 Å². The van der Waals surface area contributed by atoms with Crippen LogP contribution in [0.15, 0.2) is 30.6 Å². The minimum Gasteiger partial charge on any atom is -0.382 e. The first kappa shape index (κ1) is 14.0. The van der Waals surface area contributed by atoms with Crippen molar-refractivity contribution in [3.63, 3.8) is 0 Å². The molecule has 3 N–H and O–H groups in total. The number of nitrogens with one attached hydrogen (secondary N) is 1. The van der Waals surface area contributed by atoms with Gasteiger partial charge in [0.05, 0.1) is 0 Å². The van der Waals surface area contributed by atoms with Gasteiger partial charge in [-0.3, -0.25) is 9.59 Å². The Hall–Kier alpha value is -2.96. The molecular formula is C15H15N5O2. The molecule has 0 atom stereocenters. The number of nitrogens with zero attached hydrogens (tertiary/aromatic N) is 3. The number of anilines is 3. The van der Waals surface area contributed by atoms with Crippen LogP contribution in [0.3, 0.4) is 0 Å². The maximum Gasteiger partial charge on any atom is 0.278 e. The lowest BCUT2D eigenvalue weighted by molar-refractivity contribution is -0.116. The molecule has 0 unspecified atom stereocenters. The van der Waals surface area contributed by atoms with Crippen LogP contribution < -0.4 is 16.0 Å². The second-order valence-electron chi connectivity index (χ2n) is 5.01. The minimum absolute atomic E-state index is 0.0165. The summed E-state index contributed by atoms with van der Waals surface area (Å²) in [7, 11) is 0. The highest BCUT2D eigenvalue weighted by Gasteiger charge is 2.22. The average molecular weight is 297 g/mol. The first-order valence-corrected chi connectivity index (χ1v) is 6.85. The molecular weight excluding hydrogens is 282 g/mol. The number of carbonyl (C=O) groups is 2. The fraction of sp³-hybridized carbons (Fsp3) is 0.200. The summed E-state index contributed by atoms with van der Waals surface area (Å²) in [5.41, 5.74) is 8.29. The van der Waals surface area contributed by atoms with Gasteiger partial charge in [0, 0.05) is 37.2 Å². The monoisotopic (exact) mass is 297 g/mol. The van der Waals surface area contributed by atoms with Crippen LogP contribution >= 0.6 is 0 Å². The van der Waals surface area contributed by atoms with Crippen molar-refractivity contribution in [3.8, 4) is 0 Å². The number of fused-ring (bicyclic) bond motifs is 1. The van der Waals surface area contributed by atoms with Crippen LogP contribution in [-0.4, -0.2) is 28.3 Å². The van der Waals surface area contributed by atoms with Gasteiger partial charge < -0.3 is 16.0 Å². The number of amides is 2. The van der Waals surface area contributed by atoms with Crippen LogP contribution in [0.25, 0.3) is 0 Å². The maximum absolute atomic E-state index is 12.1. The smallest absolute Gasteiger partial charge is 0.278 e. The van der Waals surface area contributed by atoms with Gasteiger partial charge in [0.15, 0.2) is 11.5 Å². The number of benzene rings is 1. The Bertz CT molecular complexity index is 759. The van der Waals surface area contributed by atoms with Gasteiger partial charge in [0.2, 0.25) is 5.91 Å². The lowest BCUT2D eigenvalue weighted by Gasteiger charge is -2.15. The van der Waals surface area contributed by atoms with Crippen molar-refractivity contribution >= 4 is 29.0 Å². The molecule has 2 amide bonds. The molecule has 0 bridgehead atoms. The summed E-state index contributed by atoms with van der Waals surface area (Å²) in [6.07, 6.45) is 3.61. The quantitative estimate of drug-likeness (QED) is 0.868. The van der Waals surface area contributed by atoms with E-state index in [-0.39, 0.29) is 17.4 Å². The Labute approximate surface area is 127 Å². The van der Waals surface area contributed by atoms with Gasteiger partial charge in [-0.15, -0.1) is 0 Å². The van der Waals surface area contributed by atoms with Crippen LogP contribution in [0.4, 0.5) is 17.2 Å². The zero-order valence-corrected chi connectivity index (χ0v) is 12.0. The number of carbonyl (C=O) groups excluding carboxylic acids is 2. The molecule has 3 rings (SSSR count). The van der Waals surface area contributed by atoms with E-state index in [0.29, 0.717) is 12.2 Å². The molecule has 1 aromatic carbocycles. The highest BCUT2D eigenvalue weighted by molar-refractivity contribution is 6.06. The second-order valence-corrected chi connectivity index (χ2v) is 5.01. The molecule has 1 aromatic heterocycles. The Morgan fingerprint density at radius 1 is 1.27 bits per heavy atom. The van der Waals surface area contributed by atoms with Crippen molar-refractivity contribution in [1.29, 1.82) is 0 Å². The largest absolute Gasteiger partial charge is 0.382 e. The van der Waals surface area contributed by atoms with E-state index in [1.165, 1.54) is 12.4 Å². The summed E-state index contributed by atoms with van der Waals surface area (Å²) < 4.78 is 0. The van der Waals surface area contributed by atoms with E-state index in [9.17, 15) is 9.59 Å². The van der Waals surface area contributed by atoms with Crippen LogP contribution in [0.1, 0.15) is 23.0 Å². The van der Waals surface area contributed by atoms with Crippen LogP contribution in [-0.2, 0) is 11.2 Å². The van der Waals surface area contributed by atoms with Crippen molar-refractivity contribution < 1.29 is 9.59 Å². The summed E-state index contributed by atoms with van der Waals surface area (Å²) in [5.74, 6) is -0.307. The fourth-order valence-electron chi connectivity index (χ4n) is 2.52. The van der Waals surface area contributed by atoms with Gasteiger partial charge in [-0.1, -0.05) is 0 Å². The van der Waals surface area contributed by atoms with Gasteiger partial charge in [0.25, 0.3) is 5.91 Å². The number of nitrogen functional groups attached to an aromatic ring is 1. The van der Waals surface area contributed by atoms with Crippen molar-refractivity contribution in [2.24, 2.45) is 0 Å². The van der Waals surface area contributed by atoms with E-state index in [0.717, 1.165) is 17.7 Å². The first-order valence-electron chi connectivity index (χ1n) is 6.85. The van der Waals surface area contributed by atoms with E-state index < -0.39 is 5.91 Å². The highest BCUT2D eigenvalue weighted by atomic mass is 16.2. The molecule has 1 aliphatic rings. The van der Waals surface area contributed by atoms with Crippen molar-refractivity contribution in [3.05, 3.63) is 41.9 Å². The summed E-state index contributed by atoms with van der Waals surface area (Å²) in [6.45, 7) is 2.21. The molecule has 0 fully saturated rings. The molecule has 7 heteroatoms. The Morgan fingerprint density at radius 3 is 2.77 bits per heavy atom. The first-order chi connectivity index (χ1) is 10.6. The van der Waals surface area contributed by atoms with Crippen LogP contribution in [0.5, 0.6) is 0 Å². The third-order valence-electron chi connectivity index (χ3n) is 3.55. The topological polar surface area (TPSA) is 101 Å². The Kier molecular flexibility index (Phi) is 3.46. The lowest BCUT2D eigenvalue weighted by Crippen LogP contribution is -2.25. The van der Waals surface area contributed by atoms with Gasteiger partial charge in [-0.2, -0.15) is 0 Å². The number of hydrogen-bond acceptors (Lipinski definition) is 5. The van der Waals surface area contributed by atoms with Gasteiger partial charge in [-0.25, -0.2) is 9.97 Å². The molecule has 112 valence electrons. The summed E-state index contributed by atoms with van der Waals surface area (Å²) in [4.78, 5) is 33.2. The van der Waals surface area contributed by atoms with E-state index in [4.69, 9.17) is 5.73 Å². The number of nitrogens with two attached hydrogens (primary N) is 1. The number of rotatable bonds is 2. The van der Waals surface area contributed by atoms with Gasteiger partial charge in [0.1, 0.15) is 0 Å². The van der Waals surface area contributed by atoms with Gasteiger partial charge in [-0.05, 0) is 30.2 Å². The van der Waals surface area contributed by atoms with Crippen LogP contribution in [0.2, 0.25) is 0 Å². The van der Waals surface area contributed by atoms with Gasteiger partial charge >= 0.3 is 0 Å². The van der Waals surface area contributed by atoms with E-state index in [1.807, 2.05) is 12.1 Å². The third-order valence-corrected chi connectivity index (χ3v) is 3.55. The average Bonchev–Trinajstić information content (AvgIpc) is 2.91. The molecule has 0 aliphatic carbocycles. The highest BCUT2D eigenvalue weighted by Crippen LogP contribution is 2.30. The second kappa shape index (κ2) is 5.44. The number of aromatic nitrogens is 2. The molecule has 1 aliphatic heterocycles. The molecule has 0 saturated heterocycles. The molecule has 0 radical (unpaired) electrons.